The van der Waals surface area contributed by atoms with E-state index in [0.717, 1.165) is 5.39 Å². The number of halogens is 2. The molecule has 0 bridgehead atoms. The minimum atomic E-state index is -0.931. The molecule has 1 heterocycles. The van der Waals surface area contributed by atoms with Gasteiger partial charge in [-0.05, 0) is 24.3 Å². The molecular weight excluding hydrogens is 305 g/mol. The molecule has 1 aromatic heterocycles. The van der Waals surface area contributed by atoms with E-state index in [4.69, 9.17) is 16.3 Å². The van der Waals surface area contributed by atoms with Gasteiger partial charge in [0.25, 0.3) is 0 Å². The van der Waals surface area contributed by atoms with Crippen LogP contribution < -0.4 is 4.74 Å². The highest BCUT2D eigenvalue weighted by Gasteiger charge is 2.14. The maximum absolute atomic E-state index is 12.6. The number of benzene rings is 2. The summed E-state index contributed by atoms with van der Waals surface area (Å²) in [5, 5.41) is 11.0. The summed E-state index contributed by atoms with van der Waals surface area (Å²) in [6.07, 6.45) is 0. The van der Waals surface area contributed by atoms with Gasteiger partial charge >= 0.3 is 0 Å². The summed E-state index contributed by atoms with van der Waals surface area (Å²) in [7, 11) is 0. The van der Waals surface area contributed by atoms with Crippen LogP contribution in [0.25, 0.3) is 22.2 Å². The van der Waals surface area contributed by atoms with Gasteiger partial charge in [0.2, 0.25) is 6.86 Å². The van der Waals surface area contributed by atoms with Crippen LogP contribution in [0.1, 0.15) is 5.56 Å². The van der Waals surface area contributed by atoms with E-state index in [9.17, 15) is 9.50 Å². The smallest absolute Gasteiger partial charge is 0.228 e. The number of alkyl halides is 1. The maximum atomic E-state index is 12.6. The molecule has 22 heavy (non-hydrogen) atoms. The van der Waals surface area contributed by atoms with Gasteiger partial charge in [-0.25, -0.2) is 9.37 Å². The fourth-order valence-electron chi connectivity index (χ4n) is 2.41. The number of pyridine rings is 1. The molecule has 0 aliphatic heterocycles. The van der Waals surface area contributed by atoms with E-state index in [1.807, 2.05) is 18.2 Å². The Morgan fingerprint density at radius 1 is 1.14 bits per heavy atom. The van der Waals surface area contributed by atoms with E-state index in [1.165, 1.54) is 0 Å². The second-order valence-electron chi connectivity index (χ2n) is 4.72. The fourth-order valence-corrected chi connectivity index (χ4v) is 2.63. The second-order valence-corrected chi connectivity index (χ2v) is 5.12. The molecule has 112 valence electrons. The van der Waals surface area contributed by atoms with Crippen molar-refractivity contribution in [2.45, 2.75) is 6.61 Å². The van der Waals surface area contributed by atoms with Gasteiger partial charge in [-0.3, -0.25) is 0 Å². The monoisotopic (exact) mass is 317 g/mol. The Balaban J connectivity index is 2.28. The van der Waals surface area contributed by atoms with Crippen molar-refractivity contribution in [3.8, 4) is 17.0 Å². The summed E-state index contributed by atoms with van der Waals surface area (Å²) in [6.45, 7) is -1.12. The first-order valence-corrected chi connectivity index (χ1v) is 7.09. The van der Waals surface area contributed by atoms with Crippen molar-refractivity contribution < 1.29 is 14.2 Å². The van der Waals surface area contributed by atoms with E-state index in [-0.39, 0.29) is 6.61 Å². The van der Waals surface area contributed by atoms with Gasteiger partial charge in [0.15, 0.2) is 0 Å². The van der Waals surface area contributed by atoms with E-state index < -0.39 is 6.86 Å². The number of aliphatic hydroxyl groups is 1. The average molecular weight is 318 g/mol. The van der Waals surface area contributed by atoms with Gasteiger partial charge in [-0.2, -0.15) is 0 Å². The van der Waals surface area contributed by atoms with Crippen LogP contribution in [0.5, 0.6) is 5.75 Å². The zero-order chi connectivity index (χ0) is 15.5. The quantitative estimate of drug-likeness (QED) is 0.777. The van der Waals surface area contributed by atoms with Crippen molar-refractivity contribution in [1.82, 2.24) is 4.98 Å². The van der Waals surface area contributed by atoms with Crippen molar-refractivity contribution in [2.24, 2.45) is 0 Å². The van der Waals surface area contributed by atoms with Gasteiger partial charge < -0.3 is 9.84 Å². The Morgan fingerprint density at radius 3 is 2.73 bits per heavy atom. The lowest BCUT2D eigenvalue weighted by Gasteiger charge is -2.13. The predicted molar refractivity (Wildman–Crippen MR) is 84.7 cm³/mol. The molecule has 0 unspecified atom stereocenters. The lowest BCUT2D eigenvalue weighted by atomic mass is 10.0. The fraction of sp³-hybridized carbons (Fsp3) is 0.118. The molecule has 1 N–H and O–H groups in total. The molecule has 3 nitrogen and oxygen atoms in total. The highest BCUT2D eigenvalue weighted by atomic mass is 35.5. The largest absolute Gasteiger partial charge is 0.462 e. The normalized spacial score (nSPS) is 10.9. The molecule has 0 fully saturated rings. The average Bonchev–Trinajstić information content (AvgIpc) is 2.55. The molecule has 0 aliphatic rings. The minimum absolute atomic E-state index is 0.186. The SMILES string of the molecule is OCc1cc2cccc(Cl)c2nc1-c1ccccc1OCF. The minimum Gasteiger partial charge on any atom is -0.462 e. The summed E-state index contributed by atoms with van der Waals surface area (Å²) in [4.78, 5) is 4.56. The Hall–Kier alpha value is -2.17. The Morgan fingerprint density at radius 2 is 1.95 bits per heavy atom. The number of fused-ring (bicyclic) bond motifs is 1. The summed E-state index contributed by atoms with van der Waals surface area (Å²) in [5.74, 6) is 0.374. The van der Waals surface area contributed by atoms with Gasteiger partial charge in [-0.15, -0.1) is 0 Å². The van der Waals surface area contributed by atoms with Crippen molar-refractivity contribution >= 4 is 22.5 Å². The highest BCUT2D eigenvalue weighted by molar-refractivity contribution is 6.35. The molecular formula is C17H13ClFNO2. The van der Waals surface area contributed by atoms with Gasteiger partial charge in [0.05, 0.1) is 22.8 Å². The predicted octanol–water partition coefficient (Wildman–Crippen LogP) is 4.35. The first kappa shape index (κ1) is 14.8. The van der Waals surface area contributed by atoms with Crippen LogP contribution in [0.4, 0.5) is 4.39 Å². The summed E-state index contributed by atoms with van der Waals surface area (Å²) in [6, 6.07) is 14.3. The molecule has 0 saturated heterocycles. The van der Waals surface area contributed by atoms with Crippen LogP contribution in [-0.2, 0) is 6.61 Å². The number of aromatic nitrogens is 1. The van der Waals surface area contributed by atoms with Crippen LogP contribution in [0.15, 0.2) is 48.5 Å². The molecule has 0 atom stereocenters. The first-order valence-electron chi connectivity index (χ1n) is 6.71. The first-order chi connectivity index (χ1) is 10.7. The Bertz CT molecular complexity index is 823. The lowest BCUT2D eigenvalue weighted by molar-refractivity contribution is 0.192. The van der Waals surface area contributed by atoms with Gasteiger partial charge in [-0.1, -0.05) is 35.9 Å². The number of ether oxygens (including phenoxy) is 1. The van der Waals surface area contributed by atoms with Crippen molar-refractivity contribution in [3.63, 3.8) is 0 Å². The van der Waals surface area contributed by atoms with E-state index >= 15 is 0 Å². The van der Waals surface area contributed by atoms with E-state index in [1.54, 1.807) is 30.3 Å². The molecule has 3 aromatic rings. The highest BCUT2D eigenvalue weighted by Crippen LogP contribution is 2.34. The van der Waals surface area contributed by atoms with Crippen LogP contribution in [0, 0.1) is 0 Å². The zero-order valence-corrected chi connectivity index (χ0v) is 12.3. The lowest BCUT2D eigenvalue weighted by Crippen LogP contribution is -1.98. The number of rotatable bonds is 4. The standard InChI is InChI=1S/C17H13ClFNO2/c18-14-6-3-4-11-8-12(9-21)16(20-17(11)14)13-5-1-2-7-15(13)22-10-19/h1-8,21H,9-10H2. The number of para-hydroxylation sites is 2. The molecule has 2 aromatic carbocycles. The Kier molecular flexibility index (Phi) is 4.22. The summed E-state index contributed by atoms with van der Waals surface area (Å²) in [5.41, 5.74) is 2.41. The number of hydrogen-bond donors (Lipinski definition) is 1. The number of hydrogen-bond acceptors (Lipinski definition) is 3. The molecule has 3 rings (SSSR count). The molecule has 0 amide bonds. The summed E-state index contributed by atoms with van der Waals surface area (Å²) >= 11 is 6.20. The zero-order valence-electron chi connectivity index (χ0n) is 11.6. The van der Waals surface area contributed by atoms with Crippen LogP contribution in [-0.4, -0.2) is 17.0 Å². The third-order valence-electron chi connectivity index (χ3n) is 3.40. The molecule has 5 heteroatoms. The van der Waals surface area contributed by atoms with Crippen LogP contribution >= 0.6 is 11.6 Å². The molecule has 0 spiro atoms. The third kappa shape index (κ3) is 2.63. The Labute approximate surface area is 131 Å². The van der Waals surface area contributed by atoms with Gasteiger partial charge in [0.1, 0.15) is 5.75 Å². The number of nitrogens with zero attached hydrogens (tertiary/aromatic N) is 1. The van der Waals surface area contributed by atoms with Gasteiger partial charge in [0, 0.05) is 16.5 Å². The van der Waals surface area contributed by atoms with Crippen molar-refractivity contribution in [2.75, 3.05) is 6.86 Å². The van der Waals surface area contributed by atoms with E-state index in [0.29, 0.717) is 33.1 Å². The summed E-state index contributed by atoms with van der Waals surface area (Å²) < 4.78 is 17.6. The molecule has 0 radical (unpaired) electrons. The van der Waals surface area contributed by atoms with Crippen LogP contribution in [0.3, 0.4) is 0 Å². The topological polar surface area (TPSA) is 42.4 Å². The number of aliphatic hydroxyl groups excluding tert-OH is 1. The third-order valence-corrected chi connectivity index (χ3v) is 3.70. The van der Waals surface area contributed by atoms with Crippen molar-refractivity contribution in [1.29, 1.82) is 0 Å². The van der Waals surface area contributed by atoms with Crippen molar-refractivity contribution in [3.05, 3.63) is 59.1 Å². The van der Waals surface area contributed by atoms with E-state index in [2.05, 4.69) is 4.98 Å². The molecule has 0 saturated carbocycles. The van der Waals surface area contributed by atoms with Crippen LogP contribution in [0.2, 0.25) is 5.02 Å². The maximum Gasteiger partial charge on any atom is 0.228 e. The second kappa shape index (κ2) is 6.30. The molecule has 0 aliphatic carbocycles.